The van der Waals surface area contributed by atoms with E-state index in [0.29, 0.717) is 17.2 Å². The van der Waals surface area contributed by atoms with Crippen LogP contribution >= 0.6 is 11.6 Å². The molecule has 94 valence electrons. The van der Waals surface area contributed by atoms with E-state index in [2.05, 4.69) is 5.32 Å². The maximum atomic E-state index is 11.2. The van der Waals surface area contributed by atoms with Gasteiger partial charge in [0.15, 0.2) is 11.5 Å². The van der Waals surface area contributed by atoms with Gasteiger partial charge in [-0.05, 0) is 26.0 Å². The van der Waals surface area contributed by atoms with E-state index in [4.69, 9.17) is 21.1 Å². The minimum Gasteiger partial charge on any atom is -0.493 e. The summed E-state index contributed by atoms with van der Waals surface area (Å²) < 4.78 is 10.8. The molecule has 0 aliphatic heterocycles. The molecule has 0 spiro atoms. The summed E-state index contributed by atoms with van der Waals surface area (Å²) in [5, 5.41) is 2.65. The molecule has 0 saturated heterocycles. The molecule has 1 rings (SSSR count). The predicted molar refractivity (Wildman–Crippen MR) is 68.1 cm³/mol. The van der Waals surface area contributed by atoms with Crippen LogP contribution in [0.4, 0.5) is 5.69 Å². The highest BCUT2D eigenvalue weighted by molar-refractivity contribution is 6.29. The molecular formula is C12H16ClNO3. The Kier molecular flexibility index (Phi) is 5.10. The molecule has 0 saturated carbocycles. The fourth-order valence-corrected chi connectivity index (χ4v) is 1.36. The molecule has 1 aromatic rings. The maximum Gasteiger partial charge on any atom is 0.239 e. The summed E-state index contributed by atoms with van der Waals surface area (Å²) in [6, 6.07) is 5.18. The van der Waals surface area contributed by atoms with Gasteiger partial charge < -0.3 is 14.8 Å². The topological polar surface area (TPSA) is 47.6 Å². The van der Waals surface area contributed by atoms with E-state index in [0.717, 1.165) is 0 Å². The summed E-state index contributed by atoms with van der Waals surface area (Å²) in [4.78, 5) is 11.2. The van der Waals surface area contributed by atoms with Crippen LogP contribution in [0.2, 0.25) is 0 Å². The number of rotatable bonds is 5. The van der Waals surface area contributed by atoms with Crippen LogP contribution in [0.25, 0.3) is 0 Å². The first-order valence-corrected chi connectivity index (χ1v) is 5.80. The van der Waals surface area contributed by atoms with Crippen LogP contribution < -0.4 is 14.8 Å². The summed E-state index contributed by atoms with van der Waals surface area (Å²) in [7, 11) is 1.57. The number of hydrogen-bond donors (Lipinski definition) is 1. The second-order valence-corrected chi connectivity index (χ2v) is 3.98. The van der Waals surface area contributed by atoms with Crippen LogP contribution in [-0.2, 0) is 4.79 Å². The minimum atomic E-state index is -0.257. The number of benzene rings is 1. The van der Waals surface area contributed by atoms with Gasteiger partial charge in [-0.2, -0.15) is 0 Å². The van der Waals surface area contributed by atoms with Crippen molar-refractivity contribution >= 4 is 23.2 Å². The molecule has 4 nitrogen and oxygen atoms in total. The zero-order valence-electron chi connectivity index (χ0n) is 10.1. The average molecular weight is 258 g/mol. The highest BCUT2D eigenvalue weighted by atomic mass is 35.5. The number of halogens is 1. The van der Waals surface area contributed by atoms with Gasteiger partial charge in [-0.15, -0.1) is 11.6 Å². The lowest BCUT2D eigenvalue weighted by atomic mass is 10.2. The van der Waals surface area contributed by atoms with Gasteiger partial charge in [-0.25, -0.2) is 0 Å². The van der Waals surface area contributed by atoms with Crippen LogP contribution in [0.3, 0.4) is 0 Å². The molecule has 0 aliphatic rings. The third-order valence-electron chi connectivity index (χ3n) is 1.93. The summed E-state index contributed by atoms with van der Waals surface area (Å²) >= 11 is 5.42. The van der Waals surface area contributed by atoms with Crippen LogP contribution in [0, 0.1) is 0 Å². The van der Waals surface area contributed by atoms with E-state index in [-0.39, 0.29) is 17.9 Å². The highest BCUT2D eigenvalue weighted by Gasteiger charge is 2.09. The van der Waals surface area contributed by atoms with Gasteiger partial charge in [0.2, 0.25) is 5.91 Å². The number of methoxy groups -OCH3 is 1. The second-order valence-electron chi connectivity index (χ2n) is 3.71. The largest absolute Gasteiger partial charge is 0.493 e. The van der Waals surface area contributed by atoms with Crippen molar-refractivity contribution in [3.05, 3.63) is 18.2 Å². The molecule has 0 radical (unpaired) electrons. The van der Waals surface area contributed by atoms with Crippen molar-refractivity contribution in [2.75, 3.05) is 18.3 Å². The molecule has 0 aromatic heterocycles. The van der Waals surface area contributed by atoms with Gasteiger partial charge in [-0.1, -0.05) is 0 Å². The Morgan fingerprint density at radius 2 is 2.12 bits per heavy atom. The zero-order valence-corrected chi connectivity index (χ0v) is 10.9. The fourth-order valence-electron chi connectivity index (χ4n) is 1.29. The second kappa shape index (κ2) is 6.35. The van der Waals surface area contributed by atoms with Gasteiger partial charge in [0.05, 0.1) is 13.2 Å². The Labute approximate surface area is 106 Å². The third kappa shape index (κ3) is 4.15. The zero-order chi connectivity index (χ0) is 12.8. The van der Waals surface area contributed by atoms with Crippen molar-refractivity contribution in [1.29, 1.82) is 0 Å². The summed E-state index contributed by atoms with van der Waals surface area (Å²) in [5.74, 6) is 0.886. The van der Waals surface area contributed by atoms with E-state index < -0.39 is 0 Å². The van der Waals surface area contributed by atoms with Gasteiger partial charge in [0.25, 0.3) is 0 Å². The van der Waals surface area contributed by atoms with E-state index in [9.17, 15) is 4.79 Å². The number of nitrogens with one attached hydrogen (secondary N) is 1. The predicted octanol–water partition coefficient (Wildman–Crippen LogP) is 2.66. The number of hydrogen-bond acceptors (Lipinski definition) is 3. The normalized spacial score (nSPS) is 10.2. The Bertz CT molecular complexity index is 393. The maximum absolute atomic E-state index is 11.2. The molecule has 1 aromatic carbocycles. The molecular weight excluding hydrogens is 242 g/mol. The lowest BCUT2D eigenvalue weighted by Gasteiger charge is -2.14. The summed E-state index contributed by atoms with van der Waals surface area (Å²) in [6.07, 6.45) is 0.0304. The smallest absolute Gasteiger partial charge is 0.239 e. The Morgan fingerprint density at radius 3 is 2.65 bits per heavy atom. The number of carbonyl (C=O) groups is 1. The average Bonchev–Trinajstić information content (AvgIpc) is 2.28. The molecule has 0 bridgehead atoms. The first-order valence-electron chi connectivity index (χ1n) is 5.27. The summed E-state index contributed by atoms with van der Waals surface area (Å²) in [6.45, 7) is 3.84. The van der Waals surface area contributed by atoms with Crippen molar-refractivity contribution in [3.8, 4) is 11.5 Å². The Hall–Kier alpha value is -1.42. The SMILES string of the molecule is COc1ccc(NC(=O)CCl)cc1OC(C)C. The standard InChI is InChI=1S/C12H16ClNO3/c1-8(2)17-11-6-9(14-12(15)7-13)4-5-10(11)16-3/h4-6,8H,7H2,1-3H3,(H,14,15). The van der Waals surface area contributed by atoms with Crippen LogP contribution in [0.15, 0.2) is 18.2 Å². The van der Waals surface area contributed by atoms with E-state index in [1.54, 1.807) is 25.3 Å². The Balaban J connectivity index is 2.91. The number of amides is 1. The van der Waals surface area contributed by atoms with Gasteiger partial charge in [-0.3, -0.25) is 4.79 Å². The molecule has 0 atom stereocenters. The molecule has 17 heavy (non-hydrogen) atoms. The van der Waals surface area contributed by atoms with E-state index in [1.165, 1.54) is 0 Å². The highest BCUT2D eigenvalue weighted by Crippen LogP contribution is 2.30. The van der Waals surface area contributed by atoms with Crippen molar-refractivity contribution < 1.29 is 14.3 Å². The third-order valence-corrected chi connectivity index (χ3v) is 2.17. The van der Waals surface area contributed by atoms with Crippen LogP contribution in [0.5, 0.6) is 11.5 Å². The molecule has 0 unspecified atom stereocenters. The minimum absolute atomic E-state index is 0.0304. The molecule has 0 fully saturated rings. The lowest BCUT2D eigenvalue weighted by molar-refractivity contribution is -0.113. The first kappa shape index (κ1) is 13.6. The van der Waals surface area contributed by atoms with Gasteiger partial charge >= 0.3 is 0 Å². The number of ether oxygens (including phenoxy) is 2. The number of alkyl halides is 1. The van der Waals surface area contributed by atoms with Crippen LogP contribution in [-0.4, -0.2) is 25.0 Å². The number of carbonyl (C=O) groups excluding carboxylic acids is 1. The van der Waals surface area contributed by atoms with Crippen molar-refractivity contribution in [1.82, 2.24) is 0 Å². The summed E-state index contributed by atoms with van der Waals surface area (Å²) in [5.41, 5.74) is 0.632. The van der Waals surface area contributed by atoms with E-state index in [1.807, 2.05) is 13.8 Å². The fraction of sp³-hybridized carbons (Fsp3) is 0.417. The van der Waals surface area contributed by atoms with Gasteiger partial charge in [0.1, 0.15) is 5.88 Å². The molecule has 5 heteroatoms. The number of anilines is 1. The van der Waals surface area contributed by atoms with Crippen molar-refractivity contribution in [3.63, 3.8) is 0 Å². The molecule has 1 N–H and O–H groups in total. The first-order chi connectivity index (χ1) is 8.06. The monoisotopic (exact) mass is 257 g/mol. The van der Waals surface area contributed by atoms with E-state index >= 15 is 0 Å². The van der Waals surface area contributed by atoms with Crippen LogP contribution in [0.1, 0.15) is 13.8 Å². The quantitative estimate of drug-likeness (QED) is 0.825. The molecule has 1 amide bonds. The van der Waals surface area contributed by atoms with Crippen molar-refractivity contribution in [2.45, 2.75) is 20.0 Å². The molecule has 0 heterocycles. The van der Waals surface area contributed by atoms with Gasteiger partial charge in [0, 0.05) is 11.8 Å². The van der Waals surface area contributed by atoms with Crippen molar-refractivity contribution in [2.24, 2.45) is 0 Å². The Morgan fingerprint density at radius 1 is 1.41 bits per heavy atom. The lowest BCUT2D eigenvalue weighted by Crippen LogP contribution is -2.13. The molecule has 0 aliphatic carbocycles.